The first kappa shape index (κ1) is 16.2. The van der Waals surface area contributed by atoms with E-state index in [4.69, 9.17) is 0 Å². The topological polar surface area (TPSA) is 51.0 Å². The van der Waals surface area contributed by atoms with Crippen LogP contribution >= 0.6 is 11.3 Å². The number of aryl methyl sites for hydroxylation is 2. The number of nitrogens with zero attached hydrogens (tertiary/aromatic N) is 4. The summed E-state index contributed by atoms with van der Waals surface area (Å²) in [5.41, 5.74) is 1.60. The summed E-state index contributed by atoms with van der Waals surface area (Å²) in [6.45, 7) is 5.28. The van der Waals surface area contributed by atoms with Gasteiger partial charge in [0.2, 0.25) is 0 Å². The summed E-state index contributed by atoms with van der Waals surface area (Å²) in [4.78, 5) is 19.6. The Bertz CT molecular complexity index is 644. The Morgan fingerprint density at radius 2 is 2.17 bits per heavy atom. The van der Waals surface area contributed by atoms with E-state index in [2.05, 4.69) is 10.1 Å². The molecule has 0 N–H and O–H groups in total. The highest BCUT2D eigenvalue weighted by Crippen LogP contribution is 2.26. The van der Waals surface area contributed by atoms with Crippen LogP contribution in [0.15, 0.2) is 17.6 Å². The van der Waals surface area contributed by atoms with Crippen molar-refractivity contribution in [2.24, 2.45) is 0 Å². The van der Waals surface area contributed by atoms with E-state index in [-0.39, 0.29) is 5.91 Å². The number of thiazole rings is 1. The second-order valence-corrected chi connectivity index (χ2v) is 7.12. The van der Waals surface area contributed by atoms with Crippen LogP contribution in [0.5, 0.6) is 0 Å². The molecule has 2 heterocycles. The van der Waals surface area contributed by atoms with E-state index >= 15 is 0 Å². The summed E-state index contributed by atoms with van der Waals surface area (Å²) >= 11 is 1.62. The van der Waals surface area contributed by atoms with Crippen LogP contribution in [0.2, 0.25) is 0 Å². The quantitative estimate of drug-likeness (QED) is 0.840. The van der Waals surface area contributed by atoms with Gasteiger partial charge in [-0.1, -0.05) is 19.3 Å². The van der Waals surface area contributed by atoms with Gasteiger partial charge in [-0.05, 0) is 32.8 Å². The van der Waals surface area contributed by atoms with Gasteiger partial charge in [-0.25, -0.2) is 4.98 Å². The summed E-state index contributed by atoms with van der Waals surface area (Å²) < 4.78 is 1.81. The summed E-state index contributed by atoms with van der Waals surface area (Å²) in [6, 6.07) is 2.23. The molecule has 124 valence electrons. The van der Waals surface area contributed by atoms with E-state index < -0.39 is 0 Å². The van der Waals surface area contributed by atoms with Gasteiger partial charge in [0, 0.05) is 24.2 Å². The molecule has 1 fully saturated rings. The lowest BCUT2D eigenvalue weighted by molar-refractivity contribution is 0.0601. The smallest absolute Gasteiger partial charge is 0.272 e. The molecule has 3 rings (SSSR count). The van der Waals surface area contributed by atoms with E-state index in [1.165, 1.54) is 19.3 Å². The number of hydrogen-bond donors (Lipinski definition) is 0. The fourth-order valence-electron chi connectivity index (χ4n) is 3.34. The first-order valence-corrected chi connectivity index (χ1v) is 9.30. The molecule has 0 aromatic carbocycles. The maximum atomic E-state index is 13.2. The van der Waals surface area contributed by atoms with E-state index in [1.807, 2.05) is 41.1 Å². The van der Waals surface area contributed by atoms with Crippen LogP contribution in [0.1, 0.15) is 60.2 Å². The van der Waals surface area contributed by atoms with Crippen molar-refractivity contribution in [3.8, 4) is 0 Å². The summed E-state index contributed by atoms with van der Waals surface area (Å²) in [6.07, 6.45) is 7.69. The lowest BCUT2D eigenvalue weighted by Crippen LogP contribution is -2.41. The molecule has 1 saturated carbocycles. The van der Waals surface area contributed by atoms with Gasteiger partial charge in [0.15, 0.2) is 0 Å². The number of hydrogen-bond acceptors (Lipinski definition) is 4. The van der Waals surface area contributed by atoms with Crippen molar-refractivity contribution in [2.75, 3.05) is 0 Å². The molecular formula is C17H24N4OS. The second kappa shape index (κ2) is 7.25. The van der Waals surface area contributed by atoms with Crippen LogP contribution in [0.25, 0.3) is 0 Å². The van der Waals surface area contributed by atoms with Gasteiger partial charge in [0.05, 0.1) is 12.2 Å². The Morgan fingerprint density at radius 3 is 2.83 bits per heavy atom. The van der Waals surface area contributed by atoms with Crippen molar-refractivity contribution in [1.29, 1.82) is 0 Å². The predicted octanol–water partition coefficient (Wildman–Crippen LogP) is 3.64. The molecule has 2 aromatic heterocycles. The number of carbonyl (C=O) groups is 1. The third-order valence-corrected chi connectivity index (χ3v) is 5.25. The molecule has 2 aromatic rings. The molecule has 0 bridgehead atoms. The highest BCUT2D eigenvalue weighted by Gasteiger charge is 2.29. The zero-order valence-electron chi connectivity index (χ0n) is 13.9. The maximum absolute atomic E-state index is 13.2. The molecule has 0 saturated heterocycles. The van der Waals surface area contributed by atoms with Crippen LogP contribution in [0.3, 0.4) is 0 Å². The highest BCUT2D eigenvalue weighted by atomic mass is 32.1. The van der Waals surface area contributed by atoms with Gasteiger partial charge in [-0.3, -0.25) is 9.48 Å². The van der Waals surface area contributed by atoms with Gasteiger partial charge in [0.1, 0.15) is 10.7 Å². The fraction of sp³-hybridized carbons (Fsp3) is 0.588. The Balaban J connectivity index is 1.87. The minimum Gasteiger partial charge on any atom is -0.328 e. The maximum Gasteiger partial charge on any atom is 0.272 e. The predicted molar refractivity (Wildman–Crippen MR) is 91.5 cm³/mol. The van der Waals surface area contributed by atoms with E-state index in [1.54, 1.807) is 11.3 Å². The van der Waals surface area contributed by atoms with Crippen molar-refractivity contribution in [1.82, 2.24) is 19.7 Å². The SMILES string of the molecule is CCn1nc(C)cc1C(=O)N(Cc1nccs1)C1CCCCC1. The van der Waals surface area contributed by atoms with Crippen LogP contribution in [0, 0.1) is 6.92 Å². The zero-order valence-corrected chi connectivity index (χ0v) is 14.7. The Morgan fingerprint density at radius 1 is 1.39 bits per heavy atom. The molecule has 5 nitrogen and oxygen atoms in total. The molecule has 0 unspecified atom stereocenters. The third kappa shape index (κ3) is 3.63. The van der Waals surface area contributed by atoms with E-state index in [9.17, 15) is 4.79 Å². The van der Waals surface area contributed by atoms with Gasteiger partial charge < -0.3 is 4.90 Å². The third-order valence-electron chi connectivity index (χ3n) is 4.49. The lowest BCUT2D eigenvalue weighted by atomic mass is 9.94. The standard InChI is InChI=1S/C17H24N4OS/c1-3-21-15(11-13(2)19-21)17(22)20(12-16-18-9-10-23-16)14-7-5-4-6-8-14/h9-11,14H,3-8,12H2,1-2H3. The number of amides is 1. The average molecular weight is 332 g/mol. The molecule has 0 spiro atoms. The summed E-state index contributed by atoms with van der Waals surface area (Å²) in [7, 11) is 0. The average Bonchev–Trinajstić information content (AvgIpc) is 3.22. The molecular weight excluding hydrogens is 308 g/mol. The van der Waals surface area contributed by atoms with E-state index in [0.29, 0.717) is 24.8 Å². The zero-order chi connectivity index (χ0) is 16.2. The van der Waals surface area contributed by atoms with Crippen molar-refractivity contribution >= 4 is 17.2 Å². The van der Waals surface area contributed by atoms with Gasteiger partial charge in [0.25, 0.3) is 5.91 Å². The van der Waals surface area contributed by atoms with Crippen molar-refractivity contribution in [3.05, 3.63) is 34.0 Å². The Hall–Kier alpha value is -1.69. The molecule has 6 heteroatoms. The van der Waals surface area contributed by atoms with Crippen molar-refractivity contribution in [2.45, 2.75) is 65.1 Å². The first-order chi connectivity index (χ1) is 11.2. The van der Waals surface area contributed by atoms with Gasteiger partial charge in [-0.15, -0.1) is 11.3 Å². The molecule has 1 amide bonds. The number of carbonyl (C=O) groups excluding carboxylic acids is 1. The van der Waals surface area contributed by atoms with Crippen LogP contribution in [0.4, 0.5) is 0 Å². The monoisotopic (exact) mass is 332 g/mol. The molecule has 1 aliphatic carbocycles. The van der Waals surface area contributed by atoms with Crippen molar-refractivity contribution in [3.63, 3.8) is 0 Å². The number of aromatic nitrogens is 3. The second-order valence-electron chi connectivity index (χ2n) is 6.14. The molecule has 1 aliphatic rings. The first-order valence-electron chi connectivity index (χ1n) is 8.43. The van der Waals surface area contributed by atoms with Crippen LogP contribution < -0.4 is 0 Å². The summed E-state index contributed by atoms with van der Waals surface area (Å²) in [5.74, 6) is 0.0922. The Kier molecular flexibility index (Phi) is 5.10. The fourth-order valence-corrected chi connectivity index (χ4v) is 3.96. The molecule has 0 aliphatic heterocycles. The van der Waals surface area contributed by atoms with Crippen LogP contribution in [-0.2, 0) is 13.1 Å². The summed E-state index contributed by atoms with van der Waals surface area (Å²) in [5, 5.41) is 7.41. The normalized spacial score (nSPS) is 15.7. The molecule has 0 atom stereocenters. The van der Waals surface area contributed by atoms with E-state index in [0.717, 1.165) is 23.5 Å². The highest BCUT2D eigenvalue weighted by molar-refractivity contribution is 7.09. The van der Waals surface area contributed by atoms with Gasteiger partial charge in [-0.2, -0.15) is 5.10 Å². The van der Waals surface area contributed by atoms with Gasteiger partial charge >= 0.3 is 0 Å². The largest absolute Gasteiger partial charge is 0.328 e. The van der Waals surface area contributed by atoms with Crippen molar-refractivity contribution < 1.29 is 4.79 Å². The molecule has 23 heavy (non-hydrogen) atoms. The lowest BCUT2D eigenvalue weighted by Gasteiger charge is -2.34. The minimum absolute atomic E-state index is 0.0922. The van der Waals surface area contributed by atoms with Crippen LogP contribution in [-0.4, -0.2) is 31.6 Å². The Labute approximate surface area is 141 Å². The number of rotatable bonds is 5. The molecule has 0 radical (unpaired) electrons. The minimum atomic E-state index is 0.0922.